The number of carbonyl (C=O) groups excluding carboxylic acids is 1. The molecule has 0 rings (SSSR count). The zero-order valence-corrected chi connectivity index (χ0v) is 10.3. The summed E-state index contributed by atoms with van der Waals surface area (Å²) >= 11 is 0. The van der Waals surface area contributed by atoms with Gasteiger partial charge in [-0.1, -0.05) is 20.8 Å². The molecule has 0 aromatic heterocycles. The maximum Gasteiger partial charge on any atom is 0.240 e. The molecular weight excluding hydrogens is 192 g/mol. The summed E-state index contributed by atoms with van der Waals surface area (Å²) in [6.07, 6.45) is 0.608. The molecule has 4 heteroatoms. The number of hydrogen-bond acceptors (Lipinski definition) is 3. The van der Waals surface area contributed by atoms with Gasteiger partial charge in [0.25, 0.3) is 0 Å². The lowest BCUT2D eigenvalue weighted by Crippen LogP contribution is -2.50. The second-order valence-corrected chi connectivity index (χ2v) is 4.84. The smallest absolute Gasteiger partial charge is 0.240 e. The molecule has 0 aliphatic carbocycles. The largest absolute Gasteiger partial charge is 0.396 e. The van der Waals surface area contributed by atoms with Crippen molar-refractivity contribution in [1.29, 1.82) is 0 Å². The van der Waals surface area contributed by atoms with Gasteiger partial charge < -0.3 is 15.7 Å². The summed E-state index contributed by atoms with van der Waals surface area (Å²) in [6, 6.07) is -0.476. The summed E-state index contributed by atoms with van der Waals surface area (Å²) in [5, 5.41) is 8.72. The molecule has 3 N–H and O–H groups in total. The van der Waals surface area contributed by atoms with E-state index in [-0.39, 0.29) is 17.9 Å². The van der Waals surface area contributed by atoms with Crippen molar-refractivity contribution >= 4 is 5.91 Å². The van der Waals surface area contributed by atoms with Crippen LogP contribution in [0.15, 0.2) is 0 Å². The minimum Gasteiger partial charge on any atom is -0.396 e. The average Bonchev–Trinajstić information content (AvgIpc) is 2.16. The van der Waals surface area contributed by atoms with E-state index >= 15 is 0 Å². The van der Waals surface area contributed by atoms with E-state index in [1.165, 1.54) is 0 Å². The fourth-order valence-corrected chi connectivity index (χ4v) is 1.25. The third-order valence-electron chi connectivity index (χ3n) is 2.48. The monoisotopic (exact) mass is 216 g/mol. The molecule has 1 atom stereocenters. The van der Waals surface area contributed by atoms with Crippen molar-refractivity contribution < 1.29 is 9.90 Å². The Kier molecular flexibility index (Phi) is 5.83. The Morgan fingerprint density at radius 3 is 2.33 bits per heavy atom. The van der Waals surface area contributed by atoms with Crippen molar-refractivity contribution in [2.75, 3.05) is 19.7 Å². The number of likely N-dealkylation sites (N-methyl/N-ethyl adjacent to an activating group) is 1. The number of aliphatic hydroxyl groups excluding tert-OH is 1. The quantitative estimate of drug-likeness (QED) is 0.707. The molecule has 0 fully saturated rings. The van der Waals surface area contributed by atoms with Crippen LogP contribution in [-0.4, -0.2) is 41.7 Å². The zero-order chi connectivity index (χ0) is 12.1. The average molecular weight is 216 g/mol. The van der Waals surface area contributed by atoms with Crippen molar-refractivity contribution in [1.82, 2.24) is 4.90 Å². The first-order chi connectivity index (χ1) is 6.84. The Labute approximate surface area is 92.4 Å². The minimum absolute atomic E-state index is 0.0292. The van der Waals surface area contributed by atoms with Crippen LogP contribution in [0.1, 0.15) is 34.1 Å². The van der Waals surface area contributed by atoms with Crippen LogP contribution in [0.2, 0.25) is 0 Å². The predicted molar refractivity (Wildman–Crippen MR) is 61.4 cm³/mol. The molecule has 90 valence electrons. The molecule has 0 radical (unpaired) electrons. The maximum atomic E-state index is 11.9. The van der Waals surface area contributed by atoms with Gasteiger partial charge in [-0.25, -0.2) is 0 Å². The SMILES string of the molecule is CCN(CCCO)C(=O)[C@@H](N)C(C)(C)C. The molecule has 0 aliphatic rings. The van der Waals surface area contributed by atoms with Crippen LogP contribution in [0.5, 0.6) is 0 Å². The summed E-state index contributed by atoms with van der Waals surface area (Å²) in [4.78, 5) is 13.6. The molecule has 0 unspecified atom stereocenters. The van der Waals surface area contributed by atoms with Crippen molar-refractivity contribution in [3.05, 3.63) is 0 Å². The van der Waals surface area contributed by atoms with Crippen LogP contribution in [-0.2, 0) is 4.79 Å². The molecule has 15 heavy (non-hydrogen) atoms. The Hall–Kier alpha value is -0.610. The fourth-order valence-electron chi connectivity index (χ4n) is 1.25. The first-order valence-electron chi connectivity index (χ1n) is 5.49. The van der Waals surface area contributed by atoms with Crippen LogP contribution in [0, 0.1) is 5.41 Å². The number of hydrogen-bond donors (Lipinski definition) is 2. The second-order valence-electron chi connectivity index (χ2n) is 4.84. The lowest BCUT2D eigenvalue weighted by Gasteiger charge is -2.31. The molecule has 0 aromatic carbocycles. The lowest BCUT2D eigenvalue weighted by atomic mass is 9.86. The molecular formula is C11H24N2O2. The van der Waals surface area contributed by atoms with E-state index < -0.39 is 6.04 Å². The molecule has 0 aliphatic heterocycles. The second kappa shape index (κ2) is 6.08. The van der Waals surface area contributed by atoms with Gasteiger partial charge >= 0.3 is 0 Å². The topological polar surface area (TPSA) is 66.6 Å². The zero-order valence-electron chi connectivity index (χ0n) is 10.3. The highest BCUT2D eigenvalue weighted by molar-refractivity contribution is 5.82. The van der Waals surface area contributed by atoms with Crippen molar-refractivity contribution in [3.63, 3.8) is 0 Å². The van der Waals surface area contributed by atoms with Gasteiger partial charge in [-0.05, 0) is 18.8 Å². The van der Waals surface area contributed by atoms with Crippen LogP contribution in [0.3, 0.4) is 0 Å². The van der Waals surface area contributed by atoms with Gasteiger partial charge in [0.05, 0.1) is 6.04 Å². The highest BCUT2D eigenvalue weighted by Crippen LogP contribution is 2.19. The first-order valence-corrected chi connectivity index (χ1v) is 5.49. The van der Waals surface area contributed by atoms with Crippen molar-refractivity contribution in [2.24, 2.45) is 11.1 Å². The summed E-state index contributed by atoms with van der Waals surface area (Å²) < 4.78 is 0. The molecule has 0 bridgehead atoms. The number of rotatable bonds is 5. The Morgan fingerprint density at radius 2 is 2.00 bits per heavy atom. The van der Waals surface area contributed by atoms with Crippen molar-refractivity contribution in [2.45, 2.75) is 40.2 Å². The van der Waals surface area contributed by atoms with Crippen LogP contribution < -0.4 is 5.73 Å². The predicted octanol–water partition coefficient (Wildman–Crippen LogP) is 0.591. The van der Waals surface area contributed by atoms with E-state index in [0.717, 1.165) is 0 Å². The normalized spacial score (nSPS) is 13.7. The molecule has 0 aromatic rings. The lowest BCUT2D eigenvalue weighted by molar-refractivity contribution is -0.134. The highest BCUT2D eigenvalue weighted by Gasteiger charge is 2.30. The number of nitrogens with zero attached hydrogens (tertiary/aromatic N) is 1. The van der Waals surface area contributed by atoms with Gasteiger partial charge in [-0.2, -0.15) is 0 Å². The van der Waals surface area contributed by atoms with Gasteiger partial charge in [0, 0.05) is 19.7 Å². The Morgan fingerprint density at radius 1 is 1.47 bits per heavy atom. The third-order valence-corrected chi connectivity index (χ3v) is 2.48. The van der Waals surface area contributed by atoms with Crippen LogP contribution in [0.4, 0.5) is 0 Å². The van der Waals surface area contributed by atoms with Crippen molar-refractivity contribution in [3.8, 4) is 0 Å². The molecule has 1 amide bonds. The Bertz CT molecular complexity index is 199. The molecule has 0 heterocycles. The number of carbonyl (C=O) groups is 1. The van der Waals surface area contributed by atoms with E-state index in [0.29, 0.717) is 19.5 Å². The molecule has 0 saturated heterocycles. The van der Waals surface area contributed by atoms with E-state index in [1.807, 2.05) is 27.7 Å². The van der Waals surface area contributed by atoms with Crippen LogP contribution in [0.25, 0.3) is 0 Å². The molecule has 0 spiro atoms. The minimum atomic E-state index is -0.476. The summed E-state index contributed by atoms with van der Waals surface area (Å²) in [6.45, 7) is 9.11. The van der Waals surface area contributed by atoms with Gasteiger partial charge in [-0.3, -0.25) is 4.79 Å². The van der Waals surface area contributed by atoms with Gasteiger partial charge in [-0.15, -0.1) is 0 Å². The molecule has 0 saturated carbocycles. The van der Waals surface area contributed by atoms with Gasteiger partial charge in [0.15, 0.2) is 0 Å². The third kappa shape index (κ3) is 4.62. The van der Waals surface area contributed by atoms with E-state index in [9.17, 15) is 4.79 Å². The highest BCUT2D eigenvalue weighted by atomic mass is 16.3. The number of aliphatic hydroxyl groups is 1. The molecule has 4 nitrogen and oxygen atoms in total. The standard InChI is InChI=1S/C11H24N2O2/c1-5-13(7-6-8-14)10(15)9(12)11(2,3)4/h9,14H,5-8,12H2,1-4H3/t9-/m1/s1. The number of nitrogens with two attached hydrogens (primary N) is 1. The first kappa shape index (κ1) is 14.4. The fraction of sp³-hybridized carbons (Fsp3) is 0.909. The van der Waals surface area contributed by atoms with E-state index in [4.69, 9.17) is 10.8 Å². The maximum absolute atomic E-state index is 11.9. The Balaban J connectivity index is 4.38. The van der Waals surface area contributed by atoms with E-state index in [1.54, 1.807) is 4.90 Å². The summed E-state index contributed by atoms with van der Waals surface area (Å²) in [5.74, 6) is -0.0292. The van der Waals surface area contributed by atoms with E-state index in [2.05, 4.69) is 0 Å². The number of amides is 1. The summed E-state index contributed by atoms with van der Waals surface area (Å²) in [7, 11) is 0. The van der Waals surface area contributed by atoms with Crippen LogP contribution >= 0.6 is 0 Å². The van der Waals surface area contributed by atoms with Gasteiger partial charge in [0.2, 0.25) is 5.91 Å². The van der Waals surface area contributed by atoms with Gasteiger partial charge in [0.1, 0.15) is 0 Å². The summed E-state index contributed by atoms with van der Waals surface area (Å²) in [5.41, 5.74) is 5.67.